The molecule has 5 aromatic rings. The molecule has 0 spiro atoms. The van der Waals surface area contributed by atoms with Crippen molar-refractivity contribution in [1.82, 2.24) is 19.6 Å². The van der Waals surface area contributed by atoms with Crippen LogP contribution in [0.2, 0.25) is 0 Å². The molecule has 0 bridgehead atoms. The van der Waals surface area contributed by atoms with Crippen molar-refractivity contribution in [2.24, 2.45) is 0 Å². The van der Waals surface area contributed by atoms with E-state index in [1.165, 1.54) is 18.2 Å². The molecular formula is C22H16F2N4O. The molecule has 0 saturated carbocycles. The monoisotopic (exact) mass is 390 g/mol. The number of aromatic amines is 1. The van der Waals surface area contributed by atoms with E-state index in [0.717, 1.165) is 27.9 Å². The fraction of sp³-hybridized carbons (Fsp3) is 0.0909. The van der Waals surface area contributed by atoms with Gasteiger partial charge < -0.3 is 4.74 Å². The summed E-state index contributed by atoms with van der Waals surface area (Å²) in [6, 6.07) is 13.3. The SMILES string of the molecule is Cc1nc2c(OCc3c(F)cccc3F)cccn2c1-c1ccc2cn[nH]c2c1. The number of H-pyrrole nitrogens is 1. The number of rotatable bonds is 4. The fourth-order valence-electron chi connectivity index (χ4n) is 3.52. The van der Waals surface area contributed by atoms with Crippen LogP contribution in [-0.4, -0.2) is 19.6 Å². The summed E-state index contributed by atoms with van der Waals surface area (Å²) in [7, 11) is 0. The molecule has 0 radical (unpaired) electrons. The number of halogens is 2. The lowest BCUT2D eigenvalue weighted by molar-refractivity contribution is 0.294. The molecule has 0 aliphatic rings. The van der Waals surface area contributed by atoms with Gasteiger partial charge in [0.15, 0.2) is 11.4 Å². The van der Waals surface area contributed by atoms with Gasteiger partial charge in [0.1, 0.15) is 18.2 Å². The van der Waals surface area contributed by atoms with Gasteiger partial charge in [0.2, 0.25) is 0 Å². The molecule has 144 valence electrons. The van der Waals surface area contributed by atoms with Gasteiger partial charge in [-0.25, -0.2) is 13.8 Å². The Morgan fingerprint density at radius 1 is 1.07 bits per heavy atom. The predicted molar refractivity (Wildman–Crippen MR) is 106 cm³/mol. The summed E-state index contributed by atoms with van der Waals surface area (Å²) < 4.78 is 35.5. The fourth-order valence-corrected chi connectivity index (χ4v) is 3.52. The van der Waals surface area contributed by atoms with Gasteiger partial charge in [-0.1, -0.05) is 18.2 Å². The van der Waals surface area contributed by atoms with Gasteiger partial charge in [-0.15, -0.1) is 0 Å². The molecule has 0 saturated heterocycles. The first-order valence-corrected chi connectivity index (χ1v) is 9.08. The zero-order chi connectivity index (χ0) is 20.0. The summed E-state index contributed by atoms with van der Waals surface area (Å²) in [5.74, 6) is -0.817. The Labute approximate surface area is 164 Å². The van der Waals surface area contributed by atoms with Crippen molar-refractivity contribution in [3.63, 3.8) is 0 Å². The lowest BCUT2D eigenvalue weighted by Crippen LogP contribution is -2.03. The van der Waals surface area contributed by atoms with Crippen LogP contribution < -0.4 is 4.74 Å². The number of hydrogen-bond donors (Lipinski definition) is 1. The number of aryl methyl sites for hydroxylation is 1. The highest BCUT2D eigenvalue weighted by atomic mass is 19.1. The van der Waals surface area contributed by atoms with Gasteiger partial charge in [0, 0.05) is 17.1 Å². The lowest BCUT2D eigenvalue weighted by Gasteiger charge is -2.10. The van der Waals surface area contributed by atoms with E-state index in [1.807, 2.05) is 41.8 Å². The number of ether oxygens (including phenoxy) is 1. The molecule has 0 unspecified atom stereocenters. The number of nitrogens with one attached hydrogen (secondary N) is 1. The predicted octanol–water partition coefficient (Wildman–Crippen LogP) is 5.04. The highest BCUT2D eigenvalue weighted by molar-refractivity contribution is 5.84. The van der Waals surface area contributed by atoms with Crippen LogP contribution in [0.5, 0.6) is 5.75 Å². The number of pyridine rings is 1. The average Bonchev–Trinajstić information content (AvgIpc) is 3.30. The number of aromatic nitrogens is 4. The summed E-state index contributed by atoms with van der Waals surface area (Å²) in [6.45, 7) is 1.69. The zero-order valence-corrected chi connectivity index (χ0v) is 15.5. The van der Waals surface area contributed by atoms with Crippen LogP contribution in [0.15, 0.2) is 60.9 Å². The highest BCUT2D eigenvalue weighted by Crippen LogP contribution is 2.31. The summed E-state index contributed by atoms with van der Waals surface area (Å²) >= 11 is 0. The van der Waals surface area contributed by atoms with E-state index in [0.29, 0.717) is 11.4 Å². The van der Waals surface area contributed by atoms with Crippen molar-refractivity contribution in [3.05, 3.63) is 83.8 Å². The quantitative estimate of drug-likeness (QED) is 0.468. The van der Waals surface area contributed by atoms with E-state index in [9.17, 15) is 8.78 Å². The first-order valence-electron chi connectivity index (χ1n) is 9.08. The topological polar surface area (TPSA) is 55.2 Å². The molecule has 0 fully saturated rings. The Morgan fingerprint density at radius 2 is 1.90 bits per heavy atom. The second kappa shape index (κ2) is 6.70. The third-order valence-corrected chi connectivity index (χ3v) is 4.94. The van der Waals surface area contributed by atoms with Gasteiger partial charge >= 0.3 is 0 Å². The van der Waals surface area contributed by atoms with Crippen molar-refractivity contribution in [2.75, 3.05) is 0 Å². The summed E-state index contributed by atoms with van der Waals surface area (Å²) in [6.07, 6.45) is 3.66. The molecule has 0 amide bonds. The minimum Gasteiger partial charge on any atom is -0.485 e. The lowest BCUT2D eigenvalue weighted by atomic mass is 10.1. The maximum Gasteiger partial charge on any atom is 0.180 e. The van der Waals surface area contributed by atoms with E-state index in [1.54, 1.807) is 12.3 Å². The molecule has 29 heavy (non-hydrogen) atoms. The van der Waals surface area contributed by atoms with Crippen molar-refractivity contribution < 1.29 is 13.5 Å². The Morgan fingerprint density at radius 3 is 2.72 bits per heavy atom. The molecule has 7 heteroatoms. The first-order chi connectivity index (χ1) is 14.1. The largest absolute Gasteiger partial charge is 0.485 e. The van der Waals surface area contributed by atoms with Gasteiger partial charge in [0.25, 0.3) is 0 Å². The summed E-state index contributed by atoms with van der Waals surface area (Å²) in [5, 5.41) is 8.06. The van der Waals surface area contributed by atoms with Gasteiger partial charge in [-0.3, -0.25) is 9.50 Å². The molecule has 3 heterocycles. The molecule has 0 aliphatic carbocycles. The Balaban J connectivity index is 1.56. The van der Waals surface area contributed by atoms with Crippen LogP contribution in [0.1, 0.15) is 11.3 Å². The molecule has 5 rings (SSSR count). The second-order valence-corrected chi connectivity index (χ2v) is 6.77. The van der Waals surface area contributed by atoms with Crippen LogP contribution >= 0.6 is 0 Å². The molecule has 5 nitrogen and oxygen atoms in total. The minimum absolute atomic E-state index is 0.109. The third kappa shape index (κ3) is 2.91. The number of fused-ring (bicyclic) bond motifs is 2. The van der Waals surface area contributed by atoms with Crippen LogP contribution in [0.25, 0.3) is 27.8 Å². The number of hydrogen-bond acceptors (Lipinski definition) is 3. The Bertz CT molecular complexity index is 1340. The average molecular weight is 390 g/mol. The molecule has 0 atom stereocenters. The summed E-state index contributed by atoms with van der Waals surface area (Å²) in [4.78, 5) is 4.64. The van der Waals surface area contributed by atoms with Crippen molar-refractivity contribution in [3.8, 4) is 17.0 Å². The first kappa shape index (κ1) is 17.4. The Hall–Kier alpha value is -3.74. The normalized spacial score (nSPS) is 11.4. The number of nitrogens with zero attached hydrogens (tertiary/aromatic N) is 3. The van der Waals surface area contributed by atoms with Gasteiger partial charge in [0.05, 0.1) is 28.7 Å². The highest BCUT2D eigenvalue weighted by Gasteiger charge is 2.16. The van der Waals surface area contributed by atoms with E-state index in [-0.39, 0.29) is 12.2 Å². The van der Waals surface area contributed by atoms with Gasteiger partial charge in [-0.2, -0.15) is 5.10 Å². The smallest absolute Gasteiger partial charge is 0.180 e. The molecule has 2 aromatic carbocycles. The van der Waals surface area contributed by atoms with Crippen LogP contribution in [0.4, 0.5) is 8.78 Å². The van der Waals surface area contributed by atoms with E-state index < -0.39 is 11.6 Å². The Kier molecular flexibility index (Phi) is 4.01. The van der Waals surface area contributed by atoms with Crippen molar-refractivity contribution >= 4 is 16.6 Å². The maximum absolute atomic E-state index is 13.9. The van der Waals surface area contributed by atoms with E-state index in [4.69, 9.17) is 4.74 Å². The zero-order valence-electron chi connectivity index (χ0n) is 15.5. The van der Waals surface area contributed by atoms with Crippen LogP contribution in [-0.2, 0) is 6.61 Å². The molecule has 0 aliphatic heterocycles. The third-order valence-electron chi connectivity index (χ3n) is 4.94. The van der Waals surface area contributed by atoms with Crippen LogP contribution in [0, 0.1) is 18.6 Å². The maximum atomic E-state index is 13.9. The standard InChI is InChI=1S/C22H16F2N4O/c1-13-21(14-7-8-15-11-25-27-19(15)10-14)28-9-3-6-20(22(28)26-13)29-12-16-17(23)4-2-5-18(16)24/h2-11H,12H2,1H3,(H,25,27). The minimum atomic E-state index is -0.634. The van der Waals surface area contributed by atoms with Crippen LogP contribution in [0.3, 0.4) is 0 Å². The number of imidazole rings is 1. The number of benzene rings is 2. The van der Waals surface area contributed by atoms with Crippen molar-refractivity contribution in [2.45, 2.75) is 13.5 Å². The van der Waals surface area contributed by atoms with Crippen molar-refractivity contribution in [1.29, 1.82) is 0 Å². The second-order valence-electron chi connectivity index (χ2n) is 6.77. The van der Waals surface area contributed by atoms with E-state index >= 15 is 0 Å². The molecular weight excluding hydrogens is 374 g/mol. The van der Waals surface area contributed by atoms with E-state index in [2.05, 4.69) is 15.2 Å². The molecule has 3 aromatic heterocycles. The van der Waals surface area contributed by atoms with Gasteiger partial charge in [-0.05, 0) is 37.3 Å². The molecule has 1 N–H and O–H groups in total. The summed E-state index contributed by atoms with van der Waals surface area (Å²) in [5.41, 5.74) is 4.11.